The van der Waals surface area contributed by atoms with Gasteiger partial charge < -0.3 is 5.32 Å². The van der Waals surface area contributed by atoms with Gasteiger partial charge in [-0.1, -0.05) is 24.3 Å². The molecule has 0 aliphatic heterocycles. The van der Waals surface area contributed by atoms with E-state index >= 15 is 0 Å². The van der Waals surface area contributed by atoms with Crippen molar-refractivity contribution in [3.8, 4) is 0 Å². The number of hydrogen-bond donors (Lipinski definition) is 2. The standard InChI is InChI=1S/C17H18N2O4S/c1-12(20)14-4-3-5-16(11-14)24(22,23)19-15-8-6-13(7-9-15)10-17(21)18-2/h3-9,11,19H,10H2,1-2H3,(H,18,21). The first-order chi connectivity index (χ1) is 11.3. The molecule has 0 heterocycles. The second kappa shape index (κ2) is 7.27. The van der Waals surface area contributed by atoms with Crippen molar-refractivity contribution in [1.29, 1.82) is 0 Å². The highest BCUT2D eigenvalue weighted by Crippen LogP contribution is 2.18. The van der Waals surface area contributed by atoms with Crippen LogP contribution in [0.25, 0.3) is 0 Å². The molecule has 7 heteroatoms. The molecule has 2 N–H and O–H groups in total. The number of carbonyl (C=O) groups excluding carboxylic acids is 2. The largest absolute Gasteiger partial charge is 0.359 e. The molecular formula is C17H18N2O4S. The lowest BCUT2D eigenvalue weighted by atomic mass is 10.1. The molecule has 0 aliphatic rings. The van der Waals surface area contributed by atoms with Gasteiger partial charge in [0, 0.05) is 18.3 Å². The molecule has 1 amide bonds. The Morgan fingerprint density at radius 1 is 1.04 bits per heavy atom. The third kappa shape index (κ3) is 4.42. The molecule has 0 radical (unpaired) electrons. The van der Waals surface area contributed by atoms with E-state index in [1.807, 2.05) is 0 Å². The third-order valence-electron chi connectivity index (χ3n) is 3.40. The highest BCUT2D eigenvalue weighted by atomic mass is 32.2. The summed E-state index contributed by atoms with van der Waals surface area (Å²) < 4.78 is 27.3. The molecule has 0 aliphatic carbocycles. The maximum absolute atomic E-state index is 12.4. The van der Waals surface area contributed by atoms with Crippen LogP contribution in [0.4, 0.5) is 5.69 Å². The average Bonchev–Trinajstić information content (AvgIpc) is 2.56. The number of carbonyl (C=O) groups is 2. The van der Waals surface area contributed by atoms with Gasteiger partial charge in [-0.2, -0.15) is 0 Å². The SMILES string of the molecule is CNC(=O)Cc1ccc(NS(=O)(=O)c2cccc(C(C)=O)c2)cc1. The van der Waals surface area contributed by atoms with Crippen LogP contribution in [0.2, 0.25) is 0 Å². The minimum Gasteiger partial charge on any atom is -0.359 e. The monoisotopic (exact) mass is 346 g/mol. The summed E-state index contributed by atoms with van der Waals surface area (Å²) in [6.07, 6.45) is 0.226. The summed E-state index contributed by atoms with van der Waals surface area (Å²) >= 11 is 0. The molecule has 0 aromatic heterocycles. The van der Waals surface area contributed by atoms with Crippen LogP contribution in [0.5, 0.6) is 0 Å². The first kappa shape index (κ1) is 17.7. The van der Waals surface area contributed by atoms with Crippen LogP contribution in [0, 0.1) is 0 Å². The van der Waals surface area contributed by atoms with Crippen molar-refractivity contribution in [2.75, 3.05) is 11.8 Å². The maximum Gasteiger partial charge on any atom is 0.261 e. The molecule has 126 valence electrons. The Morgan fingerprint density at radius 3 is 2.29 bits per heavy atom. The fourth-order valence-corrected chi connectivity index (χ4v) is 3.16. The minimum atomic E-state index is -3.79. The molecule has 0 fully saturated rings. The molecule has 6 nitrogen and oxygen atoms in total. The van der Waals surface area contributed by atoms with E-state index in [0.717, 1.165) is 5.56 Å². The van der Waals surface area contributed by atoms with E-state index in [-0.39, 0.29) is 23.0 Å². The first-order valence-corrected chi connectivity index (χ1v) is 8.73. The van der Waals surface area contributed by atoms with E-state index in [9.17, 15) is 18.0 Å². The summed E-state index contributed by atoms with van der Waals surface area (Å²) in [7, 11) is -2.24. The number of rotatable bonds is 6. The van der Waals surface area contributed by atoms with E-state index in [1.165, 1.54) is 25.1 Å². The number of ketones is 1. The van der Waals surface area contributed by atoms with Crippen molar-refractivity contribution in [3.63, 3.8) is 0 Å². The van der Waals surface area contributed by atoms with Crippen LogP contribution in [0.15, 0.2) is 53.4 Å². The first-order valence-electron chi connectivity index (χ1n) is 7.25. The number of likely N-dealkylation sites (N-methyl/N-ethyl adjacent to an activating group) is 1. The fraction of sp³-hybridized carbons (Fsp3) is 0.176. The van der Waals surface area contributed by atoms with Gasteiger partial charge in [0.1, 0.15) is 0 Å². The van der Waals surface area contributed by atoms with E-state index in [4.69, 9.17) is 0 Å². The van der Waals surface area contributed by atoms with Crippen LogP contribution >= 0.6 is 0 Å². The number of amides is 1. The smallest absolute Gasteiger partial charge is 0.261 e. The second-order valence-corrected chi connectivity index (χ2v) is 6.92. The van der Waals surface area contributed by atoms with Gasteiger partial charge in [-0.15, -0.1) is 0 Å². The Labute approximate surface area is 140 Å². The number of sulfonamides is 1. The molecule has 0 bridgehead atoms. The normalized spacial score (nSPS) is 10.9. The number of anilines is 1. The Balaban J connectivity index is 2.18. The predicted molar refractivity (Wildman–Crippen MR) is 91.5 cm³/mol. The Kier molecular flexibility index (Phi) is 5.35. The van der Waals surface area contributed by atoms with Gasteiger partial charge in [-0.05, 0) is 36.8 Å². The molecule has 0 saturated carbocycles. The lowest BCUT2D eigenvalue weighted by Gasteiger charge is -2.09. The van der Waals surface area contributed by atoms with Gasteiger partial charge in [0.25, 0.3) is 10.0 Å². The zero-order chi connectivity index (χ0) is 17.7. The topological polar surface area (TPSA) is 92.3 Å². The summed E-state index contributed by atoms with van der Waals surface area (Å²) in [4.78, 5) is 22.7. The van der Waals surface area contributed by atoms with Crippen molar-refractivity contribution in [1.82, 2.24) is 5.32 Å². The number of Topliss-reactive ketones (excluding diaryl/α,β-unsaturated/α-hetero) is 1. The van der Waals surface area contributed by atoms with Gasteiger partial charge in [0.15, 0.2) is 5.78 Å². The van der Waals surface area contributed by atoms with Gasteiger partial charge in [0.05, 0.1) is 11.3 Å². The lowest BCUT2D eigenvalue weighted by Crippen LogP contribution is -2.19. The van der Waals surface area contributed by atoms with Crippen LogP contribution in [-0.4, -0.2) is 27.2 Å². The molecular weight excluding hydrogens is 328 g/mol. The van der Waals surface area contributed by atoms with Crippen LogP contribution in [-0.2, 0) is 21.2 Å². The van der Waals surface area contributed by atoms with Gasteiger partial charge >= 0.3 is 0 Å². The number of hydrogen-bond acceptors (Lipinski definition) is 4. The summed E-state index contributed by atoms with van der Waals surface area (Å²) in [5.41, 5.74) is 1.48. The summed E-state index contributed by atoms with van der Waals surface area (Å²) in [6.45, 7) is 1.38. The quantitative estimate of drug-likeness (QED) is 0.782. The summed E-state index contributed by atoms with van der Waals surface area (Å²) in [6, 6.07) is 12.4. The van der Waals surface area contributed by atoms with Crippen molar-refractivity contribution >= 4 is 27.4 Å². The molecule has 2 rings (SSSR count). The Morgan fingerprint density at radius 2 is 1.71 bits per heavy atom. The zero-order valence-corrected chi connectivity index (χ0v) is 14.2. The Bertz CT molecular complexity index is 858. The molecule has 0 unspecified atom stereocenters. The molecule has 0 spiro atoms. The predicted octanol–water partition coefficient (Wildman–Crippen LogP) is 1.98. The second-order valence-electron chi connectivity index (χ2n) is 5.24. The Hall–Kier alpha value is -2.67. The van der Waals surface area contributed by atoms with Crippen LogP contribution in [0.1, 0.15) is 22.8 Å². The van der Waals surface area contributed by atoms with Crippen molar-refractivity contribution in [2.24, 2.45) is 0 Å². The maximum atomic E-state index is 12.4. The lowest BCUT2D eigenvalue weighted by molar-refractivity contribution is -0.119. The van der Waals surface area contributed by atoms with E-state index in [0.29, 0.717) is 11.3 Å². The molecule has 0 atom stereocenters. The van der Waals surface area contributed by atoms with Gasteiger partial charge in [-0.3, -0.25) is 14.3 Å². The van der Waals surface area contributed by atoms with Gasteiger partial charge in [0.2, 0.25) is 5.91 Å². The third-order valence-corrected chi connectivity index (χ3v) is 4.78. The van der Waals surface area contributed by atoms with E-state index in [1.54, 1.807) is 37.4 Å². The molecule has 0 saturated heterocycles. The molecule has 24 heavy (non-hydrogen) atoms. The summed E-state index contributed by atoms with van der Waals surface area (Å²) in [5.74, 6) is -0.324. The van der Waals surface area contributed by atoms with E-state index in [2.05, 4.69) is 10.0 Å². The molecule has 2 aromatic carbocycles. The number of benzene rings is 2. The zero-order valence-electron chi connectivity index (χ0n) is 13.4. The average molecular weight is 346 g/mol. The van der Waals surface area contributed by atoms with E-state index < -0.39 is 10.0 Å². The van der Waals surface area contributed by atoms with Crippen LogP contribution in [0.3, 0.4) is 0 Å². The highest BCUT2D eigenvalue weighted by Gasteiger charge is 2.15. The van der Waals surface area contributed by atoms with Crippen molar-refractivity contribution in [2.45, 2.75) is 18.2 Å². The van der Waals surface area contributed by atoms with Crippen molar-refractivity contribution < 1.29 is 18.0 Å². The highest BCUT2D eigenvalue weighted by molar-refractivity contribution is 7.92. The van der Waals surface area contributed by atoms with Gasteiger partial charge in [-0.25, -0.2) is 8.42 Å². The minimum absolute atomic E-state index is 0.0182. The van der Waals surface area contributed by atoms with Crippen LogP contribution < -0.4 is 10.0 Å². The summed E-state index contributed by atoms with van der Waals surface area (Å²) in [5, 5.41) is 2.52. The number of nitrogens with one attached hydrogen (secondary N) is 2. The molecule has 2 aromatic rings. The fourth-order valence-electron chi connectivity index (χ4n) is 2.06. The van der Waals surface area contributed by atoms with Crippen molar-refractivity contribution in [3.05, 3.63) is 59.7 Å².